The van der Waals surface area contributed by atoms with Gasteiger partial charge in [0.25, 0.3) is 0 Å². The Morgan fingerprint density at radius 3 is 1.48 bits per heavy atom. The van der Waals surface area contributed by atoms with Crippen LogP contribution in [-0.4, -0.2) is 8.42 Å². The second-order valence-electron chi connectivity index (χ2n) is 7.18. The molecule has 0 amide bonds. The fourth-order valence-corrected chi connectivity index (χ4v) is 9.09. The zero-order chi connectivity index (χ0) is 21.9. The van der Waals surface area contributed by atoms with Crippen LogP contribution in [0, 0.1) is 0 Å². The third-order valence-electron chi connectivity index (χ3n) is 5.27. The van der Waals surface area contributed by atoms with Gasteiger partial charge in [-0.15, -0.1) is 3.89 Å². The number of halogens is 2. The molecule has 0 heterocycles. The summed E-state index contributed by atoms with van der Waals surface area (Å²) in [5.41, 5.74) is 0.713. The molecule has 0 saturated carbocycles. The van der Waals surface area contributed by atoms with Gasteiger partial charge in [-0.25, -0.2) is 0 Å². The molecule has 0 atom stereocenters. The first-order valence-corrected chi connectivity index (χ1v) is 13.4. The van der Waals surface area contributed by atoms with Crippen LogP contribution < -0.4 is 15.9 Å². The largest absolute Gasteiger partial charge is 0.333 e. The first-order valence-electron chi connectivity index (χ1n) is 9.69. The molecule has 4 rings (SSSR count). The summed E-state index contributed by atoms with van der Waals surface area (Å²) in [5, 5.41) is 3.36. The first kappa shape index (κ1) is 21.7. The van der Waals surface area contributed by atoms with Crippen molar-refractivity contribution in [2.75, 3.05) is 0 Å². The second-order valence-corrected chi connectivity index (χ2v) is 12.4. The summed E-state index contributed by atoms with van der Waals surface area (Å²) >= 11 is 5.99. The Kier molecular flexibility index (Phi) is 6.24. The molecule has 2 nitrogen and oxygen atoms in total. The smallest absolute Gasteiger partial charge is 0.189 e. The molecule has 4 aromatic carbocycles. The van der Waals surface area contributed by atoms with E-state index in [1.54, 1.807) is 6.07 Å². The maximum Gasteiger partial charge on any atom is 0.333 e. The Labute approximate surface area is 187 Å². The molecule has 4 aromatic rings. The van der Waals surface area contributed by atoms with Gasteiger partial charge in [0.2, 0.25) is 0 Å². The van der Waals surface area contributed by atoms with Crippen LogP contribution in [0.1, 0.15) is 5.56 Å². The minimum Gasteiger partial charge on any atom is -0.189 e. The topological polar surface area (TPSA) is 34.1 Å². The van der Waals surface area contributed by atoms with Gasteiger partial charge in [-0.1, -0.05) is 72.3 Å². The molecule has 31 heavy (non-hydrogen) atoms. The van der Waals surface area contributed by atoms with Crippen molar-refractivity contribution >= 4 is 45.0 Å². The molecule has 0 spiro atoms. The van der Waals surface area contributed by atoms with E-state index in [4.69, 9.17) is 11.6 Å². The number of benzene rings is 4. The van der Waals surface area contributed by atoms with Crippen LogP contribution in [0.4, 0.5) is 3.89 Å². The van der Waals surface area contributed by atoms with Gasteiger partial charge in [-0.3, -0.25) is 0 Å². The molecule has 0 unspecified atom stereocenters. The van der Waals surface area contributed by atoms with Crippen molar-refractivity contribution in [1.82, 2.24) is 0 Å². The van der Waals surface area contributed by atoms with Crippen molar-refractivity contribution < 1.29 is 12.3 Å². The van der Waals surface area contributed by atoms with E-state index < -0.39 is 22.4 Å². The van der Waals surface area contributed by atoms with E-state index in [1.165, 1.54) is 12.1 Å². The summed E-state index contributed by atoms with van der Waals surface area (Å²) in [7, 11) is -7.15. The first-order chi connectivity index (χ1) is 14.9. The minimum atomic E-state index is -4.93. The van der Waals surface area contributed by atoms with Gasteiger partial charge in [0.1, 0.15) is 28.1 Å². The highest BCUT2D eigenvalue weighted by molar-refractivity contribution is 7.95. The average molecular weight is 470 g/mol. The minimum absolute atomic E-state index is 0.116. The van der Waals surface area contributed by atoms with Gasteiger partial charge in [-0.05, 0) is 54.1 Å². The Morgan fingerprint density at radius 2 is 1.10 bits per heavy atom. The molecule has 0 aromatic heterocycles. The lowest BCUT2D eigenvalue weighted by molar-refractivity contribution is 0.552. The fraction of sp³-hybridized carbons (Fsp3) is 0.0400. The highest BCUT2D eigenvalue weighted by Crippen LogP contribution is 2.58. The zero-order valence-electron chi connectivity index (χ0n) is 16.5. The monoisotopic (exact) mass is 469 g/mol. The highest BCUT2D eigenvalue weighted by Gasteiger charge is 2.45. The van der Waals surface area contributed by atoms with Gasteiger partial charge in [-0.2, -0.15) is 8.42 Å². The molecular weight excluding hydrogens is 450 g/mol. The molecule has 0 aliphatic carbocycles. The van der Waals surface area contributed by atoms with Gasteiger partial charge in [0.05, 0.1) is 11.2 Å². The molecule has 0 aliphatic heterocycles. The van der Waals surface area contributed by atoms with E-state index in [-0.39, 0.29) is 5.02 Å². The van der Waals surface area contributed by atoms with E-state index in [2.05, 4.69) is 36.4 Å². The maximum absolute atomic E-state index is 13.9. The summed E-state index contributed by atoms with van der Waals surface area (Å²) in [6.07, 6.45) is 0.532. The van der Waals surface area contributed by atoms with Crippen LogP contribution in [0.15, 0.2) is 114 Å². The van der Waals surface area contributed by atoms with Crippen LogP contribution in [-0.2, 0) is 16.4 Å². The van der Waals surface area contributed by atoms with Crippen LogP contribution >= 0.6 is 18.9 Å². The summed E-state index contributed by atoms with van der Waals surface area (Å²) in [6.45, 7) is 0. The molecule has 0 N–H and O–H groups in total. The van der Waals surface area contributed by atoms with Crippen LogP contribution in [0.2, 0.25) is 5.02 Å². The Bertz CT molecular complexity index is 1180. The third kappa shape index (κ3) is 4.43. The molecule has 0 aliphatic rings. The Hall–Kier alpha value is -2.52. The summed E-state index contributed by atoms with van der Waals surface area (Å²) < 4.78 is 37.1. The van der Waals surface area contributed by atoms with Gasteiger partial charge in [0.15, 0.2) is 0 Å². The summed E-state index contributed by atoms with van der Waals surface area (Å²) in [6, 6.07) is 35.2. The lowest BCUT2D eigenvalue weighted by Gasteiger charge is -2.28. The number of hydrogen-bond donors (Lipinski definition) is 0. The normalized spacial score (nSPS) is 11.9. The lowest BCUT2D eigenvalue weighted by Crippen LogP contribution is -2.32. The summed E-state index contributed by atoms with van der Waals surface area (Å²) in [4.78, 5) is -0.487. The van der Waals surface area contributed by atoms with Gasteiger partial charge < -0.3 is 0 Å². The lowest BCUT2D eigenvalue weighted by atomic mass is 10.2. The number of hydrogen-bond acceptors (Lipinski definition) is 2. The molecule has 0 saturated heterocycles. The van der Waals surface area contributed by atoms with E-state index in [1.807, 2.05) is 54.6 Å². The second kappa shape index (κ2) is 8.92. The van der Waals surface area contributed by atoms with E-state index in [0.29, 0.717) is 11.7 Å². The van der Waals surface area contributed by atoms with Crippen molar-refractivity contribution in [2.24, 2.45) is 0 Å². The Balaban J connectivity index is 2.00. The van der Waals surface area contributed by atoms with Crippen molar-refractivity contribution in [3.63, 3.8) is 0 Å². The van der Waals surface area contributed by atoms with Crippen molar-refractivity contribution in [1.29, 1.82) is 0 Å². The highest BCUT2D eigenvalue weighted by atomic mass is 35.5. The standard InChI is InChI=1S/C25H20ClFO2PS/c26-24-17-16-20(18-25(24)31(27,28)29)19-30(21-10-4-1-5-11-21,22-12-6-2-7-13-22)23-14-8-3-9-15-23/h1-18H,19H2/q+1. The molecule has 0 radical (unpaired) electrons. The van der Waals surface area contributed by atoms with Crippen LogP contribution in [0.3, 0.4) is 0 Å². The van der Waals surface area contributed by atoms with Gasteiger partial charge >= 0.3 is 10.2 Å². The SMILES string of the molecule is O=S(=O)(F)c1cc(C[P+](c2ccccc2)(c2ccccc2)c2ccccc2)ccc1Cl. The van der Waals surface area contributed by atoms with E-state index in [0.717, 1.165) is 15.9 Å². The Morgan fingerprint density at radius 1 is 0.677 bits per heavy atom. The average Bonchev–Trinajstić information content (AvgIpc) is 2.79. The fourth-order valence-electron chi connectivity index (χ4n) is 3.88. The molecule has 0 bridgehead atoms. The van der Waals surface area contributed by atoms with Crippen molar-refractivity contribution in [2.45, 2.75) is 11.1 Å². The summed E-state index contributed by atoms with van der Waals surface area (Å²) in [5.74, 6) is 0. The molecule has 6 heteroatoms. The van der Waals surface area contributed by atoms with Crippen molar-refractivity contribution in [3.8, 4) is 0 Å². The quantitative estimate of drug-likeness (QED) is 0.276. The van der Waals surface area contributed by atoms with E-state index >= 15 is 0 Å². The molecule has 0 fully saturated rings. The van der Waals surface area contributed by atoms with Crippen molar-refractivity contribution in [3.05, 3.63) is 120 Å². The predicted molar refractivity (Wildman–Crippen MR) is 129 cm³/mol. The zero-order valence-corrected chi connectivity index (χ0v) is 19.0. The molecular formula is C25H20ClFO2PS+. The van der Waals surface area contributed by atoms with Gasteiger partial charge in [0, 0.05) is 0 Å². The predicted octanol–water partition coefficient (Wildman–Crippen LogP) is 5.49. The molecule has 156 valence electrons. The maximum atomic E-state index is 13.9. The number of rotatable bonds is 6. The van der Waals surface area contributed by atoms with Crippen LogP contribution in [0.5, 0.6) is 0 Å². The van der Waals surface area contributed by atoms with Crippen LogP contribution in [0.25, 0.3) is 0 Å². The van der Waals surface area contributed by atoms with E-state index in [9.17, 15) is 12.3 Å². The third-order valence-corrected chi connectivity index (χ3v) is 11.0.